The average Bonchev–Trinajstić information content (AvgIpc) is 3.26. The lowest BCUT2D eigenvalue weighted by Gasteiger charge is -2.10. The Morgan fingerprint density at radius 2 is 1.73 bits per heavy atom. The zero-order chi connectivity index (χ0) is 23.2. The molecule has 1 amide bonds. The summed E-state index contributed by atoms with van der Waals surface area (Å²) in [5, 5.41) is 23.4. The van der Waals surface area contributed by atoms with Crippen LogP contribution in [0, 0.1) is 0 Å². The highest BCUT2D eigenvalue weighted by Gasteiger charge is 2.17. The monoisotopic (exact) mass is 477 g/mol. The largest absolute Gasteiger partial charge is 0.508 e. The average molecular weight is 478 g/mol. The number of phenols is 1. The molecule has 0 fully saturated rings. The Bertz CT molecular complexity index is 1270. The van der Waals surface area contributed by atoms with Crippen molar-refractivity contribution in [3.63, 3.8) is 0 Å². The predicted molar refractivity (Wildman–Crippen MR) is 131 cm³/mol. The van der Waals surface area contributed by atoms with Gasteiger partial charge in [0.1, 0.15) is 5.75 Å². The van der Waals surface area contributed by atoms with E-state index >= 15 is 0 Å². The molecule has 0 aliphatic carbocycles. The van der Waals surface area contributed by atoms with Crippen LogP contribution < -0.4 is 5.43 Å². The van der Waals surface area contributed by atoms with Crippen LogP contribution in [0.2, 0.25) is 5.02 Å². The first-order valence-electron chi connectivity index (χ1n) is 10.0. The van der Waals surface area contributed by atoms with E-state index in [1.807, 2.05) is 47.0 Å². The van der Waals surface area contributed by atoms with E-state index in [2.05, 4.69) is 20.7 Å². The van der Waals surface area contributed by atoms with E-state index in [0.717, 1.165) is 16.8 Å². The van der Waals surface area contributed by atoms with Crippen LogP contribution in [-0.2, 0) is 4.79 Å². The van der Waals surface area contributed by atoms with Gasteiger partial charge in [0.05, 0.1) is 11.5 Å². The Morgan fingerprint density at radius 1 is 1.03 bits per heavy atom. The Hall–Kier alpha value is -3.62. The highest BCUT2D eigenvalue weighted by Crippen LogP contribution is 2.28. The third-order valence-electron chi connectivity index (χ3n) is 4.72. The number of phenolic OH excluding ortho intramolecular Hbond substituents is 1. The molecule has 4 aromatic rings. The SMILES string of the molecule is C/C(=N/NC(=O)CSc1nnc(-c2ccccc2)n1-c1ccc(Cl)cc1)c1ccc(O)cc1. The molecule has 0 saturated carbocycles. The van der Waals surface area contributed by atoms with Crippen LogP contribution in [0.5, 0.6) is 5.75 Å². The van der Waals surface area contributed by atoms with Gasteiger partial charge < -0.3 is 5.11 Å². The molecule has 4 rings (SSSR count). The smallest absolute Gasteiger partial charge is 0.250 e. The summed E-state index contributed by atoms with van der Waals surface area (Å²) >= 11 is 7.32. The second-order valence-electron chi connectivity index (χ2n) is 7.05. The first kappa shape index (κ1) is 22.6. The van der Waals surface area contributed by atoms with Gasteiger partial charge in [-0.1, -0.05) is 53.7 Å². The molecule has 0 atom stereocenters. The molecule has 0 aliphatic heterocycles. The number of hydrogen-bond acceptors (Lipinski definition) is 6. The number of benzene rings is 3. The third-order valence-corrected chi connectivity index (χ3v) is 5.90. The van der Waals surface area contributed by atoms with Crippen molar-refractivity contribution in [2.45, 2.75) is 12.1 Å². The van der Waals surface area contributed by atoms with Crippen molar-refractivity contribution in [2.24, 2.45) is 5.10 Å². The van der Waals surface area contributed by atoms with Gasteiger partial charge in [0, 0.05) is 16.3 Å². The predicted octanol–water partition coefficient (Wildman–Crippen LogP) is 4.93. The summed E-state index contributed by atoms with van der Waals surface area (Å²) in [5.41, 5.74) is 5.74. The van der Waals surface area contributed by atoms with Gasteiger partial charge in [-0.25, -0.2) is 5.43 Å². The molecule has 2 N–H and O–H groups in total. The fourth-order valence-corrected chi connectivity index (χ4v) is 3.91. The number of hydrogen-bond donors (Lipinski definition) is 2. The van der Waals surface area contributed by atoms with Crippen LogP contribution in [0.15, 0.2) is 89.1 Å². The Kier molecular flexibility index (Phi) is 7.07. The fourth-order valence-electron chi connectivity index (χ4n) is 3.04. The van der Waals surface area contributed by atoms with E-state index in [4.69, 9.17) is 11.6 Å². The van der Waals surface area contributed by atoms with Gasteiger partial charge in [-0.05, 0) is 61.0 Å². The van der Waals surface area contributed by atoms with E-state index < -0.39 is 0 Å². The summed E-state index contributed by atoms with van der Waals surface area (Å²) < 4.78 is 1.90. The molecular formula is C24H20ClN5O2S. The second-order valence-corrected chi connectivity index (χ2v) is 8.43. The van der Waals surface area contributed by atoms with Crippen LogP contribution in [-0.4, -0.2) is 37.2 Å². The molecule has 0 radical (unpaired) electrons. The Labute approximate surface area is 200 Å². The van der Waals surface area contributed by atoms with Gasteiger partial charge in [-0.2, -0.15) is 5.10 Å². The van der Waals surface area contributed by atoms with Crippen molar-refractivity contribution < 1.29 is 9.90 Å². The lowest BCUT2D eigenvalue weighted by atomic mass is 10.1. The summed E-state index contributed by atoms with van der Waals surface area (Å²) in [4.78, 5) is 12.4. The summed E-state index contributed by atoms with van der Waals surface area (Å²) in [6.45, 7) is 1.78. The van der Waals surface area contributed by atoms with Gasteiger partial charge in [-0.3, -0.25) is 9.36 Å². The minimum Gasteiger partial charge on any atom is -0.508 e. The van der Waals surface area contributed by atoms with E-state index in [1.165, 1.54) is 11.8 Å². The summed E-state index contributed by atoms with van der Waals surface area (Å²) in [6.07, 6.45) is 0. The summed E-state index contributed by atoms with van der Waals surface area (Å²) in [7, 11) is 0. The van der Waals surface area contributed by atoms with Crippen LogP contribution in [0.4, 0.5) is 0 Å². The molecule has 9 heteroatoms. The number of aromatic hydroxyl groups is 1. The molecule has 33 heavy (non-hydrogen) atoms. The molecule has 1 aromatic heterocycles. The number of nitrogens with zero attached hydrogens (tertiary/aromatic N) is 4. The van der Waals surface area contributed by atoms with Crippen molar-refractivity contribution in [1.82, 2.24) is 20.2 Å². The van der Waals surface area contributed by atoms with Crippen molar-refractivity contribution in [1.29, 1.82) is 0 Å². The highest BCUT2D eigenvalue weighted by atomic mass is 35.5. The number of aromatic nitrogens is 3. The third kappa shape index (κ3) is 5.60. The molecule has 1 heterocycles. The number of halogens is 1. The molecule has 7 nitrogen and oxygen atoms in total. The van der Waals surface area contributed by atoms with E-state index in [0.29, 0.717) is 21.7 Å². The quantitative estimate of drug-likeness (QED) is 0.224. The van der Waals surface area contributed by atoms with Crippen LogP contribution in [0.1, 0.15) is 12.5 Å². The number of amides is 1. The zero-order valence-electron chi connectivity index (χ0n) is 17.6. The van der Waals surface area contributed by atoms with Gasteiger partial charge in [0.15, 0.2) is 11.0 Å². The van der Waals surface area contributed by atoms with Gasteiger partial charge >= 0.3 is 0 Å². The number of thioether (sulfide) groups is 1. The van der Waals surface area contributed by atoms with Gasteiger partial charge in [0.2, 0.25) is 0 Å². The highest BCUT2D eigenvalue weighted by molar-refractivity contribution is 7.99. The van der Waals surface area contributed by atoms with Crippen molar-refractivity contribution in [3.8, 4) is 22.8 Å². The summed E-state index contributed by atoms with van der Waals surface area (Å²) in [5.74, 6) is 0.672. The van der Waals surface area contributed by atoms with Crippen LogP contribution in [0.3, 0.4) is 0 Å². The maximum Gasteiger partial charge on any atom is 0.250 e. The fraction of sp³-hybridized carbons (Fsp3) is 0.0833. The minimum atomic E-state index is -0.273. The maximum atomic E-state index is 12.4. The number of carbonyl (C=O) groups excluding carboxylic acids is 1. The van der Waals surface area contributed by atoms with E-state index in [9.17, 15) is 9.90 Å². The number of carbonyl (C=O) groups is 1. The molecule has 0 saturated heterocycles. The molecule has 0 unspecified atom stereocenters. The molecular weight excluding hydrogens is 458 g/mol. The standard InChI is InChI=1S/C24H20ClN5O2S/c1-16(17-7-13-21(31)14-8-17)26-27-22(32)15-33-24-29-28-23(18-5-3-2-4-6-18)30(24)20-11-9-19(25)10-12-20/h2-14,31H,15H2,1H3,(H,27,32)/b26-16-. The maximum absolute atomic E-state index is 12.4. The van der Waals surface area contributed by atoms with E-state index in [1.54, 1.807) is 43.3 Å². The second kappa shape index (κ2) is 10.3. The molecule has 0 spiro atoms. The van der Waals surface area contributed by atoms with Crippen molar-refractivity contribution in [2.75, 3.05) is 5.75 Å². The van der Waals surface area contributed by atoms with E-state index in [-0.39, 0.29) is 17.4 Å². The molecule has 3 aromatic carbocycles. The molecule has 166 valence electrons. The van der Waals surface area contributed by atoms with Crippen molar-refractivity contribution >= 4 is 35.0 Å². The van der Waals surface area contributed by atoms with Crippen molar-refractivity contribution in [3.05, 3.63) is 89.4 Å². The molecule has 0 aliphatic rings. The lowest BCUT2D eigenvalue weighted by molar-refractivity contribution is -0.118. The number of hydrazone groups is 1. The number of nitrogens with one attached hydrogen (secondary N) is 1. The summed E-state index contributed by atoms with van der Waals surface area (Å²) in [6, 6.07) is 23.7. The van der Waals surface area contributed by atoms with Gasteiger partial charge in [-0.15, -0.1) is 10.2 Å². The Morgan fingerprint density at radius 3 is 2.42 bits per heavy atom. The topological polar surface area (TPSA) is 92.4 Å². The normalized spacial score (nSPS) is 11.4. The van der Waals surface area contributed by atoms with Gasteiger partial charge in [0.25, 0.3) is 5.91 Å². The van der Waals surface area contributed by atoms with Crippen LogP contribution in [0.25, 0.3) is 17.1 Å². The first-order chi connectivity index (χ1) is 16.0. The number of rotatable bonds is 7. The Balaban J connectivity index is 1.51. The zero-order valence-corrected chi connectivity index (χ0v) is 19.2. The minimum absolute atomic E-state index is 0.104. The lowest BCUT2D eigenvalue weighted by Crippen LogP contribution is -2.21. The van der Waals surface area contributed by atoms with Crippen LogP contribution >= 0.6 is 23.4 Å². The first-order valence-corrected chi connectivity index (χ1v) is 11.4. The molecule has 0 bridgehead atoms.